The average Bonchev–Trinajstić information content (AvgIpc) is 3.48. The first-order valence-corrected chi connectivity index (χ1v) is 15.0. The second kappa shape index (κ2) is 10.1. The average molecular weight is 581 g/mol. The zero-order valence-electron chi connectivity index (χ0n) is 24.0. The fourth-order valence-corrected chi connectivity index (χ4v) is 9.98. The Hall–Kier alpha value is -1.44. The molecule has 5 fully saturated rings. The molecule has 6 rings (SSSR count). The fraction of sp³-hybridized carbons (Fsp3) is 0.867. The van der Waals surface area contributed by atoms with Crippen molar-refractivity contribution in [3.05, 3.63) is 11.6 Å². The molecule has 0 unspecified atom stereocenters. The molecule has 11 nitrogen and oxygen atoms in total. The molecule has 4 aliphatic carbocycles. The molecule has 0 bridgehead atoms. The van der Waals surface area contributed by atoms with Crippen LogP contribution >= 0.6 is 0 Å². The summed E-state index contributed by atoms with van der Waals surface area (Å²) < 4.78 is 22.6. The maximum absolute atomic E-state index is 13.1. The third-order valence-corrected chi connectivity index (χ3v) is 12.3. The molecule has 2 heterocycles. The number of hydrogen-bond donors (Lipinski definition) is 5. The van der Waals surface area contributed by atoms with E-state index in [0.717, 1.165) is 11.9 Å². The van der Waals surface area contributed by atoms with Gasteiger partial charge in [0.05, 0.1) is 34.9 Å². The molecule has 11 heteroatoms. The molecular formula is C30H44O11. The van der Waals surface area contributed by atoms with E-state index in [1.54, 1.807) is 6.92 Å². The molecule has 5 N–H and O–H groups in total. The lowest BCUT2D eigenvalue weighted by Gasteiger charge is -2.66. The van der Waals surface area contributed by atoms with Crippen LogP contribution in [0.2, 0.25) is 0 Å². The van der Waals surface area contributed by atoms with Gasteiger partial charge in [0.25, 0.3) is 0 Å². The number of methoxy groups -OCH3 is 1. The van der Waals surface area contributed by atoms with Crippen molar-refractivity contribution in [1.29, 1.82) is 0 Å². The van der Waals surface area contributed by atoms with E-state index in [1.165, 1.54) is 13.2 Å². The van der Waals surface area contributed by atoms with E-state index in [0.29, 0.717) is 32.1 Å². The van der Waals surface area contributed by atoms with Gasteiger partial charge in [-0.25, -0.2) is 4.79 Å². The Morgan fingerprint density at radius 1 is 1.05 bits per heavy atom. The van der Waals surface area contributed by atoms with Crippen LogP contribution in [0.15, 0.2) is 11.6 Å². The van der Waals surface area contributed by atoms with Gasteiger partial charge in [0, 0.05) is 25.0 Å². The van der Waals surface area contributed by atoms with Gasteiger partial charge in [0.2, 0.25) is 0 Å². The van der Waals surface area contributed by atoms with Crippen molar-refractivity contribution in [3.8, 4) is 0 Å². The number of aliphatic hydroxyl groups excluding tert-OH is 3. The second-order valence-electron chi connectivity index (χ2n) is 13.7. The van der Waals surface area contributed by atoms with Crippen LogP contribution in [0.5, 0.6) is 0 Å². The summed E-state index contributed by atoms with van der Waals surface area (Å²) in [6, 6.07) is 0. The Balaban J connectivity index is 1.25. The molecule has 14 atom stereocenters. The minimum atomic E-state index is -1.42. The molecule has 2 aliphatic heterocycles. The number of cyclic esters (lactones) is 1. The zero-order valence-corrected chi connectivity index (χ0v) is 24.0. The van der Waals surface area contributed by atoms with Gasteiger partial charge in [-0.3, -0.25) is 0 Å². The minimum absolute atomic E-state index is 0.152. The van der Waals surface area contributed by atoms with E-state index in [9.17, 15) is 35.1 Å². The molecule has 1 saturated heterocycles. The predicted molar refractivity (Wildman–Crippen MR) is 141 cm³/mol. The van der Waals surface area contributed by atoms with Crippen molar-refractivity contribution in [2.24, 2.45) is 28.6 Å². The summed E-state index contributed by atoms with van der Waals surface area (Å²) in [6.07, 6.45) is -1.06. The van der Waals surface area contributed by atoms with Gasteiger partial charge in [0.1, 0.15) is 31.2 Å². The third kappa shape index (κ3) is 4.00. The summed E-state index contributed by atoms with van der Waals surface area (Å²) in [5.41, 5.74) is -3.98. The Morgan fingerprint density at radius 2 is 1.80 bits per heavy atom. The standard InChI is InChI=1S/C30H44O11/c1-15-23(34)24(35)25(38-3)26(40-15)41-17-4-7-28(14-31)20-11-21(32)27(2)18(16-10-22(33)39-13-16)6-9-30(27,37)19(20)5-8-29(28,36)12-17/h10,14-15,17-21,23-26,32,34-37H,4-9,11-13H2,1-3H3/t15-,17+,18-,19+,20-,21-,23-,24+,25-,26+,27+,28+,29+,30+/m1/s1. The summed E-state index contributed by atoms with van der Waals surface area (Å²) in [7, 11) is 1.40. The number of aliphatic hydroxyl groups is 5. The Kier molecular flexibility index (Phi) is 7.26. The third-order valence-electron chi connectivity index (χ3n) is 12.3. The summed E-state index contributed by atoms with van der Waals surface area (Å²) in [5, 5.41) is 57.0. The predicted octanol–water partition coefficient (Wildman–Crippen LogP) is 0.375. The van der Waals surface area contributed by atoms with E-state index >= 15 is 0 Å². The highest BCUT2D eigenvalue weighted by Gasteiger charge is 2.74. The second-order valence-corrected chi connectivity index (χ2v) is 13.7. The van der Waals surface area contributed by atoms with E-state index in [2.05, 4.69) is 0 Å². The van der Waals surface area contributed by atoms with E-state index < -0.39 is 76.8 Å². The Labute approximate surface area is 239 Å². The molecule has 0 aromatic heterocycles. The van der Waals surface area contributed by atoms with Crippen LogP contribution < -0.4 is 0 Å². The smallest absolute Gasteiger partial charge is 0.331 e. The van der Waals surface area contributed by atoms with Crippen molar-refractivity contribution >= 4 is 12.3 Å². The van der Waals surface area contributed by atoms with Crippen LogP contribution in [0.3, 0.4) is 0 Å². The van der Waals surface area contributed by atoms with Gasteiger partial charge in [-0.05, 0) is 75.2 Å². The number of carbonyl (C=O) groups is 2. The highest BCUT2D eigenvalue weighted by molar-refractivity contribution is 5.85. The highest BCUT2D eigenvalue weighted by Crippen LogP contribution is 2.70. The van der Waals surface area contributed by atoms with Crippen molar-refractivity contribution in [2.75, 3.05) is 13.7 Å². The quantitative estimate of drug-likeness (QED) is 0.173. The molecule has 6 aliphatic rings. The Morgan fingerprint density at radius 3 is 2.46 bits per heavy atom. The van der Waals surface area contributed by atoms with Crippen LogP contribution in [0.4, 0.5) is 0 Å². The molecule has 0 amide bonds. The monoisotopic (exact) mass is 580 g/mol. The van der Waals surface area contributed by atoms with Crippen molar-refractivity contribution in [3.63, 3.8) is 0 Å². The minimum Gasteiger partial charge on any atom is -0.458 e. The summed E-state index contributed by atoms with van der Waals surface area (Å²) in [4.78, 5) is 24.9. The molecule has 0 aromatic carbocycles. The van der Waals surface area contributed by atoms with E-state index in [-0.39, 0.29) is 37.7 Å². The summed E-state index contributed by atoms with van der Waals surface area (Å²) >= 11 is 0. The first-order valence-electron chi connectivity index (χ1n) is 15.0. The molecule has 0 aromatic rings. The number of fused-ring (bicyclic) bond motifs is 5. The van der Waals surface area contributed by atoms with Crippen molar-refractivity contribution in [1.82, 2.24) is 0 Å². The number of carbonyl (C=O) groups excluding carboxylic acids is 2. The zero-order chi connectivity index (χ0) is 29.5. The first-order chi connectivity index (χ1) is 19.3. The van der Waals surface area contributed by atoms with Crippen LogP contribution in [-0.4, -0.2) is 106 Å². The molecule has 0 spiro atoms. The molecular weight excluding hydrogens is 536 g/mol. The lowest BCUT2D eigenvalue weighted by Crippen LogP contribution is -2.71. The number of aldehydes is 1. The maximum atomic E-state index is 13.1. The molecule has 230 valence electrons. The highest BCUT2D eigenvalue weighted by atomic mass is 16.7. The SMILES string of the molecule is CO[C@H]1[C@H](O[C@H]2CC[C@]3(C=O)[C@@H]4C[C@@H](O)[C@]5(C)[C@@H](C6=CC(=O)OC6)CC[C@]5(O)[C@H]4CC[C@]3(O)C2)O[C@H](C)[C@@H](O)[C@@H]1O. The number of rotatable bonds is 5. The lowest BCUT2D eigenvalue weighted by atomic mass is 9.41. The Bertz CT molecular complexity index is 1100. The normalized spacial score (nSPS) is 54.9. The maximum Gasteiger partial charge on any atom is 0.331 e. The van der Waals surface area contributed by atoms with Gasteiger partial charge in [-0.1, -0.05) is 6.92 Å². The van der Waals surface area contributed by atoms with E-state index in [1.807, 2.05) is 6.92 Å². The van der Waals surface area contributed by atoms with Gasteiger partial charge in [-0.15, -0.1) is 0 Å². The van der Waals surface area contributed by atoms with E-state index in [4.69, 9.17) is 18.9 Å². The fourth-order valence-electron chi connectivity index (χ4n) is 9.98. The number of hydrogen-bond acceptors (Lipinski definition) is 11. The molecule has 4 saturated carbocycles. The number of ether oxygens (including phenoxy) is 4. The van der Waals surface area contributed by atoms with Crippen molar-refractivity contribution < 1.29 is 54.1 Å². The van der Waals surface area contributed by atoms with Crippen LogP contribution in [0.25, 0.3) is 0 Å². The van der Waals surface area contributed by atoms with Crippen LogP contribution in [0.1, 0.15) is 65.2 Å². The van der Waals surface area contributed by atoms with Crippen LogP contribution in [0, 0.1) is 28.6 Å². The van der Waals surface area contributed by atoms with Gasteiger partial charge >= 0.3 is 5.97 Å². The summed E-state index contributed by atoms with van der Waals surface area (Å²) in [5.74, 6) is -1.36. The summed E-state index contributed by atoms with van der Waals surface area (Å²) in [6.45, 7) is 3.70. The van der Waals surface area contributed by atoms with Crippen LogP contribution in [-0.2, 0) is 28.5 Å². The first kappa shape index (κ1) is 29.6. The van der Waals surface area contributed by atoms with Gasteiger partial charge in [-0.2, -0.15) is 0 Å². The molecule has 41 heavy (non-hydrogen) atoms. The van der Waals surface area contributed by atoms with Gasteiger partial charge < -0.3 is 49.3 Å². The largest absolute Gasteiger partial charge is 0.458 e. The lowest BCUT2D eigenvalue weighted by molar-refractivity contribution is -0.322. The topological polar surface area (TPSA) is 172 Å². The van der Waals surface area contributed by atoms with Gasteiger partial charge in [0.15, 0.2) is 6.29 Å². The molecule has 0 radical (unpaired) electrons. The van der Waals surface area contributed by atoms with Crippen molar-refractivity contribution in [2.45, 2.75) is 119 Å². The number of esters is 1.